The van der Waals surface area contributed by atoms with Gasteiger partial charge >= 0.3 is 0 Å². The van der Waals surface area contributed by atoms with Gasteiger partial charge in [0.25, 0.3) is 0 Å². The molecule has 0 saturated carbocycles. The largest absolute Gasteiger partial charge is 0.456 e. The lowest BCUT2D eigenvalue weighted by Gasteiger charge is -2.11. The lowest BCUT2D eigenvalue weighted by atomic mass is 9.99. The molecule has 60 heavy (non-hydrogen) atoms. The first-order valence-electron chi connectivity index (χ1n) is 20.1. The van der Waals surface area contributed by atoms with Gasteiger partial charge in [0.2, 0.25) is 0 Å². The van der Waals surface area contributed by atoms with E-state index in [2.05, 4.69) is 182 Å². The summed E-state index contributed by atoms with van der Waals surface area (Å²) in [5, 5.41) is 6.85. The normalized spacial score (nSPS) is 11.7. The maximum absolute atomic E-state index is 6.45. The molecule has 4 nitrogen and oxygen atoms in total. The molecule has 5 heteroatoms. The van der Waals surface area contributed by atoms with Crippen LogP contribution in [0, 0.1) is 0 Å². The second-order valence-corrected chi connectivity index (χ2v) is 16.2. The van der Waals surface area contributed by atoms with Crippen molar-refractivity contribution in [1.29, 1.82) is 0 Å². The van der Waals surface area contributed by atoms with Crippen molar-refractivity contribution >= 4 is 64.2 Å². The quantitative estimate of drug-likeness (QED) is 0.169. The molecule has 9 aromatic carbocycles. The molecule has 0 N–H and O–H groups in total. The Kier molecular flexibility index (Phi) is 8.00. The monoisotopic (exact) mass is 783 g/mol. The van der Waals surface area contributed by atoms with Crippen LogP contribution in [0.3, 0.4) is 0 Å². The van der Waals surface area contributed by atoms with E-state index >= 15 is 0 Å². The Morgan fingerprint density at radius 1 is 0.317 bits per heavy atom. The third-order valence-corrected chi connectivity index (χ3v) is 12.8. The summed E-state index contributed by atoms with van der Waals surface area (Å²) in [7, 11) is 0. The van der Waals surface area contributed by atoms with Crippen molar-refractivity contribution < 1.29 is 4.42 Å². The van der Waals surface area contributed by atoms with Crippen LogP contribution in [-0.2, 0) is 0 Å². The third-order valence-electron chi connectivity index (χ3n) is 11.5. The van der Waals surface area contributed by atoms with E-state index in [-0.39, 0.29) is 0 Å². The van der Waals surface area contributed by atoms with Gasteiger partial charge in [0.15, 0.2) is 17.5 Å². The Hall–Kier alpha value is -7.73. The number of benzene rings is 9. The highest BCUT2D eigenvalue weighted by atomic mass is 32.1. The van der Waals surface area contributed by atoms with Gasteiger partial charge in [-0.1, -0.05) is 176 Å². The zero-order valence-electron chi connectivity index (χ0n) is 32.2. The molecule has 12 aromatic rings. The Labute approximate surface area is 349 Å². The van der Waals surface area contributed by atoms with E-state index in [0.29, 0.717) is 17.5 Å². The molecule has 0 saturated heterocycles. The molecule has 0 amide bonds. The van der Waals surface area contributed by atoms with Gasteiger partial charge in [-0.15, -0.1) is 11.3 Å². The zero-order chi connectivity index (χ0) is 39.6. The lowest BCUT2D eigenvalue weighted by molar-refractivity contribution is 0.669. The molecule has 0 radical (unpaired) electrons. The Balaban J connectivity index is 1.01. The average Bonchev–Trinajstić information content (AvgIpc) is 3.90. The smallest absolute Gasteiger partial charge is 0.164 e. The Bertz CT molecular complexity index is 3590. The second-order valence-electron chi connectivity index (χ2n) is 15.1. The van der Waals surface area contributed by atoms with E-state index in [4.69, 9.17) is 19.4 Å². The highest BCUT2D eigenvalue weighted by molar-refractivity contribution is 7.26. The Morgan fingerprint density at radius 3 is 1.60 bits per heavy atom. The van der Waals surface area contributed by atoms with Gasteiger partial charge in [-0.2, -0.15) is 0 Å². The first-order chi connectivity index (χ1) is 29.7. The van der Waals surface area contributed by atoms with Crippen molar-refractivity contribution in [3.05, 3.63) is 200 Å². The van der Waals surface area contributed by atoms with Gasteiger partial charge in [0, 0.05) is 47.6 Å². The van der Waals surface area contributed by atoms with E-state index < -0.39 is 0 Å². The lowest BCUT2D eigenvalue weighted by Crippen LogP contribution is -2.00. The summed E-state index contributed by atoms with van der Waals surface area (Å²) in [5.41, 5.74) is 11.5. The number of rotatable bonds is 6. The highest BCUT2D eigenvalue weighted by Crippen LogP contribution is 2.44. The highest BCUT2D eigenvalue weighted by Gasteiger charge is 2.19. The van der Waals surface area contributed by atoms with Crippen LogP contribution < -0.4 is 0 Å². The van der Waals surface area contributed by atoms with E-state index in [9.17, 15) is 0 Å². The molecule has 0 bridgehead atoms. The summed E-state index contributed by atoms with van der Waals surface area (Å²) >= 11 is 1.87. The SMILES string of the molecule is c1ccc(-c2ccc3oc4cccc(-c5nc(-c6ccc(-c7cccc8c7sc7c(-c9ccccc9)cccc78)cc6)nc(-c6ccc7ccccc7c6)n5)c4c3c2)cc1. The van der Waals surface area contributed by atoms with Crippen molar-refractivity contribution in [1.82, 2.24) is 15.0 Å². The predicted molar refractivity (Wildman–Crippen MR) is 250 cm³/mol. The summed E-state index contributed by atoms with van der Waals surface area (Å²) in [5.74, 6) is 1.82. The zero-order valence-corrected chi connectivity index (χ0v) is 33.0. The number of thiophene rings is 1. The fourth-order valence-corrected chi connectivity index (χ4v) is 9.97. The van der Waals surface area contributed by atoms with E-state index in [1.807, 2.05) is 29.5 Å². The molecule has 0 aliphatic heterocycles. The minimum atomic E-state index is 0.593. The van der Waals surface area contributed by atoms with Crippen molar-refractivity contribution in [2.45, 2.75) is 0 Å². The molecule has 3 aromatic heterocycles. The summed E-state index contributed by atoms with van der Waals surface area (Å²) in [6, 6.07) is 70.4. The van der Waals surface area contributed by atoms with Crippen LogP contribution in [0.4, 0.5) is 0 Å². The van der Waals surface area contributed by atoms with Crippen LogP contribution in [0.25, 0.3) is 120 Å². The maximum atomic E-state index is 6.45. The molecule has 3 heterocycles. The second kappa shape index (κ2) is 14.0. The fourth-order valence-electron chi connectivity index (χ4n) is 8.60. The van der Waals surface area contributed by atoms with E-state index in [1.165, 1.54) is 42.2 Å². The average molecular weight is 784 g/mol. The van der Waals surface area contributed by atoms with Gasteiger partial charge < -0.3 is 4.42 Å². The molecule has 0 fully saturated rings. The number of hydrogen-bond acceptors (Lipinski definition) is 5. The minimum Gasteiger partial charge on any atom is -0.456 e. The maximum Gasteiger partial charge on any atom is 0.164 e. The van der Waals surface area contributed by atoms with Crippen molar-refractivity contribution in [3.63, 3.8) is 0 Å². The first-order valence-corrected chi connectivity index (χ1v) is 20.9. The van der Waals surface area contributed by atoms with Gasteiger partial charge in [0.05, 0.1) is 0 Å². The van der Waals surface area contributed by atoms with E-state index in [0.717, 1.165) is 60.7 Å². The van der Waals surface area contributed by atoms with Gasteiger partial charge in [-0.05, 0) is 68.4 Å². The van der Waals surface area contributed by atoms with Crippen LogP contribution in [0.5, 0.6) is 0 Å². The summed E-state index contributed by atoms with van der Waals surface area (Å²) in [6.45, 7) is 0. The van der Waals surface area contributed by atoms with Crippen molar-refractivity contribution in [2.24, 2.45) is 0 Å². The number of furan rings is 1. The summed E-state index contributed by atoms with van der Waals surface area (Å²) < 4.78 is 9.03. The van der Waals surface area contributed by atoms with Crippen LogP contribution in [-0.4, -0.2) is 15.0 Å². The van der Waals surface area contributed by atoms with E-state index in [1.54, 1.807) is 0 Å². The third kappa shape index (κ3) is 5.78. The van der Waals surface area contributed by atoms with Crippen LogP contribution in [0.1, 0.15) is 0 Å². The van der Waals surface area contributed by atoms with Gasteiger partial charge in [0.1, 0.15) is 11.2 Å². The Morgan fingerprint density at radius 2 is 0.867 bits per heavy atom. The fraction of sp³-hybridized carbons (Fsp3) is 0. The molecule has 280 valence electrons. The number of aromatic nitrogens is 3. The molecule has 0 spiro atoms. The van der Waals surface area contributed by atoms with Crippen LogP contribution in [0.2, 0.25) is 0 Å². The topological polar surface area (TPSA) is 51.8 Å². The number of nitrogens with zero attached hydrogens (tertiary/aromatic N) is 3. The first kappa shape index (κ1) is 34.3. The molecule has 0 aliphatic rings. The summed E-state index contributed by atoms with van der Waals surface area (Å²) in [4.78, 5) is 15.6. The molecule has 0 unspecified atom stereocenters. The van der Waals surface area contributed by atoms with Crippen LogP contribution >= 0.6 is 11.3 Å². The van der Waals surface area contributed by atoms with Crippen molar-refractivity contribution in [3.8, 4) is 67.5 Å². The van der Waals surface area contributed by atoms with Crippen molar-refractivity contribution in [2.75, 3.05) is 0 Å². The minimum absolute atomic E-state index is 0.593. The molecular weight excluding hydrogens is 751 g/mol. The van der Waals surface area contributed by atoms with Crippen LogP contribution in [0.15, 0.2) is 205 Å². The molecular formula is C55H33N3OS. The number of fused-ring (bicyclic) bond motifs is 7. The number of hydrogen-bond donors (Lipinski definition) is 0. The standard InChI is InChI=1S/C55H33N3OS/c1-3-12-34(13-4-1)40-30-31-48-47(33-40)50-46(22-11-23-49(50)59-48)55-57-53(56-54(58-55)41-29-24-35-14-7-8-17-39(35)32-41)38-27-25-37(26-28-38)43-19-10-21-45-44-20-9-18-42(51(44)60-52(43)45)36-15-5-2-6-16-36/h1-33H. The molecule has 0 atom stereocenters. The molecule has 0 aliphatic carbocycles. The predicted octanol–water partition coefficient (Wildman–Crippen LogP) is 15.3. The molecule has 12 rings (SSSR count). The van der Waals surface area contributed by atoms with Gasteiger partial charge in [-0.3, -0.25) is 0 Å². The van der Waals surface area contributed by atoms with Gasteiger partial charge in [-0.25, -0.2) is 15.0 Å². The summed E-state index contributed by atoms with van der Waals surface area (Å²) in [6.07, 6.45) is 0.